The Kier molecular flexibility index (Phi) is 4.06. The average Bonchev–Trinajstić information content (AvgIpc) is 2.92. The third-order valence-electron chi connectivity index (χ3n) is 6.15. The second kappa shape index (κ2) is 5.98. The molecule has 2 aliphatic carbocycles. The Hall–Kier alpha value is -1.16. The molecule has 1 N–H and O–H groups in total. The van der Waals surface area contributed by atoms with E-state index in [-0.39, 0.29) is 5.56 Å². The van der Waals surface area contributed by atoms with Gasteiger partial charge in [-0.05, 0) is 49.0 Å². The summed E-state index contributed by atoms with van der Waals surface area (Å²) in [4.78, 5) is 23.2. The third kappa shape index (κ3) is 2.83. The summed E-state index contributed by atoms with van der Waals surface area (Å²) >= 11 is 1.78. The summed E-state index contributed by atoms with van der Waals surface area (Å²) in [6, 6.07) is 0. The molecule has 4 heteroatoms. The van der Waals surface area contributed by atoms with E-state index in [0.717, 1.165) is 28.9 Å². The fourth-order valence-corrected chi connectivity index (χ4v) is 5.82. The molecule has 2 aromatic rings. The van der Waals surface area contributed by atoms with Gasteiger partial charge in [0.05, 0.1) is 5.39 Å². The van der Waals surface area contributed by atoms with E-state index in [2.05, 4.69) is 25.8 Å². The van der Waals surface area contributed by atoms with E-state index < -0.39 is 0 Å². The lowest BCUT2D eigenvalue weighted by molar-refractivity contribution is 0.218. The first-order valence-corrected chi connectivity index (χ1v) is 10.3. The number of fused-ring (bicyclic) bond motifs is 3. The van der Waals surface area contributed by atoms with E-state index in [1.54, 1.807) is 11.3 Å². The Morgan fingerprint density at radius 1 is 1.12 bits per heavy atom. The first-order valence-electron chi connectivity index (χ1n) is 9.48. The van der Waals surface area contributed by atoms with E-state index in [1.165, 1.54) is 49.0 Å². The molecule has 4 rings (SSSR count). The molecule has 24 heavy (non-hydrogen) atoms. The van der Waals surface area contributed by atoms with Crippen molar-refractivity contribution in [2.24, 2.45) is 11.3 Å². The SMILES string of the molecule is CC(C)(C)[C@H]1CCc2c(sc3nc(C4CCCCC4)[nH]c(=O)c23)C1. The number of hydrogen-bond donors (Lipinski definition) is 1. The number of aromatic amines is 1. The molecular formula is C20H28N2OS. The highest BCUT2D eigenvalue weighted by molar-refractivity contribution is 7.18. The van der Waals surface area contributed by atoms with Gasteiger partial charge in [-0.3, -0.25) is 4.79 Å². The van der Waals surface area contributed by atoms with Crippen LogP contribution in [-0.4, -0.2) is 9.97 Å². The van der Waals surface area contributed by atoms with Crippen molar-refractivity contribution in [2.45, 2.75) is 78.1 Å². The predicted octanol–water partition coefficient (Wildman–Crippen LogP) is 5.18. The average molecular weight is 345 g/mol. The number of aromatic nitrogens is 2. The smallest absolute Gasteiger partial charge is 0.259 e. The molecule has 0 unspecified atom stereocenters. The van der Waals surface area contributed by atoms with Gasteiger partial charge >= 0.3 is 0 Å². The number of thiophene rings is 1. The van der Waals surface area contributed by atoms with Gasteiger partial charge in [0.25, 0.3) is 5.56 Å². The van der Waals surface area contributed by atoms with Gasteiger partial charge in [-0.15, -0.1) is 11.3 Å². The lowest BCUT2D eigenvalue weighted by Crippen LogP contribution is -2.26. The maximum absolute atomic E-state index is 12.8. The quantitative estimate of drug-likeness (QED) is 0.774. The fourth-order valence-electron chi connectivity index (χ4n) is 4.51. The molecule has 2 heterocycles. The normalized spacial score (nSPS) is 22.7. The molecule has 0 radical (unpaired) electrons. The molecule has 1 saturated carbocycles. The van der Waals surface area contributed by atoms with Gasteiger partial charge in [-0.25, -0.2) is 4.98 Å². The highest BCUT2D eigenvalue weighted by Crippen LogP contribution is 2.42. The van der Waals surface area contributed by atoms with Gasteiger partial charge in [-0.1, -0.05) is 40.0 Å². The molecule has 3 nitrogen and oxygen atoms in total. The first-order chi connectivity index (χ1) is 11.4. The maximum atomic E-state index is 12.8. The van der Waals surface area contributed by atoms with Gasteiger partial charge in [0.2, 0.25) is 0 Å². The van der Waals surface area contributed by atoms with Crippen molar-refractivity contribution in [2.75, 3.05) is 0 Å². The van der Waals surface area contributed by atoms with Crippen molar-refractivity contribution < 1.29 is 0 Å². The highest BCUT2D eigenvalue weighted by Gasteiger charge is 2.32. The van der Waals surface area contributed by atoms with Crippen LogP contribution in [0.15, 0.2) is 4.79 Å². The Bertz CT molecular complexity index is 805. The van der Waals surface area contributed by atoms with Crippen molar-refractivity contribution in [3.8, 4) is 0 Å². The highest BCUT2D eigenvalue weighted by atomic mass is 32.1. The summed E-state index contributed by atoms with van der Waals surface area (Å²) in [6.07, 6.45) is 9.53. The Morgan fingerprint density at radius 2 is 1.88 bits per heavy atom. The standard InChI is InChI=1S/C20H28N2OS/c1-20(2,3)13-9-10-14-15(11-13)24-19-16(14)18(23)21-17(22-19)12-7-5-4-6-8-12/h12-13H,4-11H2,1-3H3,(H,21,22,23)/t13-/m0/s1. The molecule has 1 fully saturated rings. The zero-order valence-corrected chi connectivity index (χ0v) is 15.9. The second-order valence-corrected chi connectivity index (χ2v) is 9.86. The first kappa shape index (κ1) is 16.3. The van der Waals surface area contributed by atoms with Crippen LogP contribution < -0.4 is 5.56 Å². The molecule has 130 valence electrons. The van der Waals surface area contributed by atoms with Crippen LogP contribution in [0.1, 0.15) is 81.5 Å². The van der Waals surface area contributed by atoms with E-state index in [0.29, 0.717) is 17.3 Å². The third-order valence-corrected chi connectivity index (χ3v) is 7.30. The molecule has 0 bridgehead atoms. The molecule has 0 aliphatic heterocycles. The summed E-state index contributed by atoms with van der Waals surface area (Å²) < 4.78 is 0. The van der Waals surface area contributed by atoms with Gasteiger partial charge in [0.1, 0.15) is 10.7 Å². The van der Waals surface area contributed by atoms with Crippen molar-refractivity contribution in [3.05, 3.63) is 26.6 Å². The summed E-state index contributed by atoms with van der Waals surface area (Å²) in [5, 5.41) is 0.891. The Morgan fingerprint density at radius 3 is 2.58 bits per heavy atom. The summed E-state index contributed by atoms with van der Waals surface area (Å²) in [7, 11) is 0. The van der Waals surface area contributed by atoms with Gasteiger partial charge in [-0.2, -0.15) is 0 Å². The van der Waals surface area contributed by atoms with E-state index in [9.17, 15) is 4.79 Å². The van der Waals surface area contributed by atoms with Crippen LogP contribution in [0.5, 0.6) is 0 Å². The van der Waals surface area contributed by atoms with Crippen LogP contribution in [0.2, 0.25) is 0 Å². The number of hydrogen-bond acceptors (Lipinski definition) is 3. The van der Waals surface area contributed by atoms with Crippen LogP contribution in [0.25, 0.3) is 10.2 Å². The molecule has 0 spiro atoms. The van der Waals surface area contributed by atoms with Crippen LogP contribution in [0, 0.1) is 11.3 Å². The van der Waals surface area contributed by atoms with Crippen molar-refractivity contribution in [1.82, 2.24) is 9.97 Å². The molecule has 0 amide bonds. The molecule has 2 aliphatic rings. The number of H-pyrrole nitrogens is 1. The fraction of sp³-hybridized carbons (Fsp3) is 0.700. The van der Waals surface area contributed by atoms with Crippen molar-refractivity contribution >= 4 is 21.6 Å². The lowest BCUT2D eigenvalue weighted by atomic mass is 9.72. The van der Waals surface area contributed by atoms with E-state index in [1.807, 2.05) is 0 Å². The predicted molar refractivity (Wildman–Crippen MR) is 101 cm³/mol. The van der Waals surface area contributed by atoms with Crippen LogP contribution in [0.4, 0.5) is 0 Å². The summed E-state index contributed by atoms with van der Waals surface area (Å²) in [6.45, 7) is 7.01. The summed E-state index contributed by atoms with van der Waals surface area (Å²) in [5.41, 5.74) is 1.73. The van der Waals surface area contributed by atoms with Crippen LogP contribution in [-0.2, 0) is 12.8 Å². The van der Waals surface area contributed by atoms with Gasteiger partial charge in [0, 0.05) is 10.8 Å². The number of nitrogens with zero attached hydrogens (tertiary/aromatic N) is 1. The zero-order chi connectivity index (χ0) is 16.9. The Balaban J connectivity index is 1.74. The Labute approximate surface area is 147 Å². The minimum atomic E-state index is 0.104. The maximum Gasteiger partial charge on any atom is 0.259 e. The van der Waals surface area contributed by atoms with Gasteiger partial charge in [0.15, 0.2) is 0 Å². The molecule has 0 saturated heterocycles. The number of aryl methyl sites for hydroxylation is 1. The molecule has 2 aromatic heterocycles. The summed E-state index contributed by atoms with van der Waals surface area (Å²) in [5.74, 6) is 2.10. The molecule has 1 atom stereocenters. The van der Waals surface area contributed by atoms with Crippen LogP contribution in [0.3, 0.4) is 0 Å². The largest absolute Gasteiger partial charge is 0.310 e. The van der Waals surface area contributed by atoms with Crippen molar-refractivity contribution in [1.29, 1.82) is 0 Å². The minimum Gasteiger partial charge on any atom is -0.310 e. The topological polar surface area (TPSA) is 45.8 Å². The van der Waals surface area contributed by atoms with Crippen LogP contribution >= 0.6 is 11.3 Å². The monoisotopic (exact) mass is 344 g/mol. The number of nitrogens with one attached hydrogen (secondary N) is 1. The van der Waals surface area contributed by atoms with Gasteiger partial charge < -0.3 is 4.98 Å². The van der Waals surface area contributed by atoms with E-state index >= 15 is 0 Å². The lowest BCUT2D eigenvalue weighted by Gasteiger charge is -2.33. The number of rotatable bonds is 1. The molecule has 0 aromatic carbocycles. The second-order valence-electron chi connectivity index (χ2n) is 8.78. The van der Waals surface area contributed by atoms with Crippen molar-refractivity contribution in [3.63, 3.8) is 0 Å². The molecular weight excluding hydrogens is 316 g/mol. The van der Waals surface area contributed by atoms with E-state index in [4.69, 9.17) is 4.98 Å². The zero-order valence-electron chi connectivity index (χ0n) is 15.1. The minimum absolute atomic E-state index is 0.104.